The molecule has 3 nitrogen and oxygen atoms in total. The van der Waals surface area contributed by atoms with E-state index in [1.165, 1.54) is 18.2 Å². The zero-order chi connectivity index (χ0) is 15.4. The maximum atomic E-state index is 13.8. The highest BCUT2D eigenvalue weighted by atomic mass is 19.1. The van der Waals surface area contributed by atoms with Gasteiger partial charge in [-0.15, -0.1) is 0 Å². The fourth-order valence-electron chi connectivity index (χ4n) is 2.04. The molecule has 0 aromatic heterocycles. The standard InChI is InChI=1S/C16H16F2N2O/c1-10(13-4-2-3-5-14(13)17)20-9-12-7-6-11(16(19)21)8-15(12)18/h2-8,10,20H,9H2,1H3,(H2,19,21)/t10-/m1/s1. The zero-order valence-corrected chi connectivity index (χ0v) is 11.6. The van der Waals surface area contributed by atoms with Crippen molar-refractivity contribution in [2.45, 2.75) is 19.5 Å². The van der Waals surface area contributed by atoms with Crippen LogP contribution in [0.1, 0.15) is 34.5 Å². The van der Waals surface area contributed by atoms with Crippen molar-refractivity contribution in [1.82, 2.24) is 5.32 Å². The highest BCUT2D eigenvalue weighted by molar-refractivity contribution is 5.92. The van der Waals surface area contributed by atoms with Crippen molar-refractivity contribution in [3.05, 3.63) is 70.8 Å². The Morgan fingerprint density at radius 1 is 1.19 bits per heavy atom. The van der Waals surface area contributed by atoms with Gasteiger partial charge in [0.25, 0.3) is 0 Å². The van der Waals surface area contributed by atoms with Crippen LogP contribution in [0.25, 0.3) is 0 Å². The molecule has 0 aliphatic heterocycles. The van der Waals surface area contributed by atoms with Crippen molar-refractivity contribution in [3.63, 3.8) is 0 Å². The minimum Gasteiger partial charge on any atom is -0.366 e. The molecule has 0 spiro atoms. The first-order valence-corrected chi connectivity index (χ1v) is 6.55. The molecular weight excluding hydrogens is 274 g/mol. The predicted molar refractivity (Wildman–Crippen MR) is 76.6 cm³/mol. The molecule has 3 N–H and O–H groups in total. The summed E-state index contributed by atoms with van der Waals surface area (Å²) in [6.07, 6.45) is 0. The Hall–Kier alpha value is -2.27. The molecule has 0 heterocycles. The first-order chi connectivity index (χ1) is 9.99. The third-order valence-corrected chi connectivity index (χ3v) is 3.31. The van der Waals surface area contributed by atoms with Crippen molar-refractivity contribution in [3.8, 4) is 0 Å². The fraction of sp³-hybridized carbons (Fsp3) is 0.188. The summed E-state index contributed by atoms with van der Waals surface area (Å²) in [5, 5.41) is 3.05. The van der Waals surface area contributed by atoms with Crippen LogP contribution in [0.4, 0.5) is 8.78 Å². The van der Waals surface area contributed by atoms with E-state index in [1.54, 1.807) is 25.1 Å². The number of nitrogens with one attached hydrogen (secondary N) is 1. The molecule has 0 bridgehead atoms. The second-order valence-corrected chi connectivity index (χ2v) is 4.79. The second kappa shape index (κ2) is 6.45. The summed E-state index contributed by atoms with van der Waals surface area (Å²) in [7, 11) is 0. The lowest BCUT2D eigenvalue weighted by Gasteiger charge is -2.15. The molecule has 0 saturated carbocycles. The van der Waals surface area contributed by atoms with Crippen LogP contribution >= 0.6 is 0 Å². The summed E-state index contributed by atoms with van der Waals surface area (Å²) in [5.74, 6) is -1.49. The SMILES string of the molecule is C[C@@H](NCc1ccc(C(N)=O)cc1F)c1ccccc1F. The van der Waals surface area contributed by atoms with Gasteiger partial charge in [0.1, 0.15) is 11.6 Å². The molecule has 2 aromatic carbocycles. The maximum Gasteiger partial charge on any atom is 0.248 e. The lowest BCUT2D eigenvalue weighted by atomic mass is 10.1. The van der Waals surface area contributed by atoms with Gasteiger partial charge in [-0.2, -0.15) is 0 Å². The maximum absolute atomic E-state index is 13.8. The van der Waals surface area contributed by atoms with Crippen LogP contribution in [-0.4, -0.2) is 5.91 Å². The first-order valence-electron chi connectivity index (χ1n) is 6.55. The van der Waals surface area contributed by atoms with E-state index in [-0.39, 0.29) is 24.0 Å². The Labute approximate surface area is 121 Å². The molecule has 21 heavy (non-hydrogen) atoms. The van der Waals surface area contributed by atoms with E-state index in [1.807, 2.05) is 0 Å². The van der Waals surface area contributed by atoms with Gasteiger partial charge in [0.2, 0.25) is 5.91 Å². The largest absolute Gasteiger partial charge is 0.366 e. The second-order valence-electron chi connectivity index (χ2n) is 4.79. The van der Waals surface area contributed by atoms with Crippen molar-refractivity contribution in [2.24, 2.45) is 5.73 Å². The minimum atomic E-state index is -0.673. The molecule has 1 amide bonds. The summed E-state index contributed by atoms with van der Waals surface area (Å²) in [4.78, 5) is 11.0. The van der Waals surface area contributed by atoms with E-state index in [0.29, 0.717) is 11.1 Å². The summed E-state index contributed by atoms with van der Waals surface area (Å²) in [6, 6.07) is 10.2. The van der Waals surface area contributed by atoms with Gasteiger partial charge in [-0.25, -0.2) is 8.78 Å². The van der Waals surface area contributed by atoms with Gasteiger partial charge in [-0.1, -0.05) is 24.3 Å². The number of nitrogens with two attached hydrogens (primary N) is 1. The highest BCUT2D eigenvalue weighted by Crippen LogP contribution is 2.17. The number of primary amides is 1. The summed E-state index contributed by atoms with van der Waals surface area (Å²) >= 11 is 0. The topological polar surface area (TPSA) is 55.1 Å². The Kier molecular flexibility index (Phi) is 4.65. The number of carbonyl (C=O) groups excluding carboxylic acids is 1. The van der Waals surface area contributed by atoms with Crippen molar-refractivity contribution in [2.75, 3.05) is 0 Å². The van der Waals surface area contributed by atoms with Gasteiger partial charge in [0, 0.05) is 29.3 Å². The lowest BCUT2D eigenvalue weighted by Crippen LogP contribution is -2.20. The predicted octanol–water partition coefficient (Wildman–Crippen LogP) is 2.91. The number of hydrogen-bond donors (Lipinski definition) is 2. The Morgan fingerprint density at radius 2 is 1.90 bits per heavy atom. The van der Waals surface area contributed by atoms with Crippen LogP contribution in [-0.2, 0) is 6.54 Å². The van der Waals surface area contributed by atoms with Crippen LogP contribution in [0.15, 0.2) is 42.5 Å². The fourth-order valence-corrected chi connectivity index (χ4v) is 2.04. The summed E-state index contributed by atoms with van der Waals surface area (Å²) < 4.78 is 27.4. The summed E-state index contributed by atoms with van der Waals surface area (Å²) in [6.45, 7) is 2.02. The number of carbonyl (C=O) groups is 1. The molecule has 2 aromatic rings. The number of amides is 1. The Balaban J connectivity index is 2.06. The zero-order valence-electron chi connectivity index (χ0n) is 11.6. The van der Waals surface area contributed by atoms with Gasteiger partial charge in [-0.05, 0) is 25.1 Å². The van der Waals surface area contributed by atoms with Gasteiger partial charge in [0.15, 0.2) is 0 Å². The van der Waals surface area contributed by atoms with E-state index < -0.39 is 11.7 Å². The lowest BCUT2D eigenvalue weighted by molar-refractivity contribution is 0.1000. The molecule has 0 saturated heterocycles. The quantitative estimate of drug-likeness (QED) is 0.889. The van der Waals surface area contributed by atoms with Crippen LogP contribution in [0.2, 0.25) is 0 Å². The van der Waals surface area contributed by atoms with E-state index in [9.17, 15) is 13.6 Å². The average Bonchev–Trinajstić information content (AvgIpc) is 2.46. The normalized spacial score (nSPS) is 12.1. The Bertz CT molecular complexity index is 658. The van der Waals surface area contributed by atoms with Crippen LogP contribution < -0.4 is 11.1 Å². The van der Waals surface area contributed by atoms with E-state index in [0.717, 1.165) is 6.07 Å². The molecule has 5 heteroatoms. The molecule has 0 fully saturated rings. The number of benzene rings is 2. The minimum absolute atomic E-state index is 0.124. The third kappa shape index (κ3) is 3.64. The van der Waals surface area contributed by atoms with Gasteiger partial charge < -0.3 is 11.1 Å². The smallest absolute Gasteiger partial charge is 0.248 e. The molecule has 0 aliphatic rings. The van der Waals surface area contributed by atoms with Crippen molar-refractivity contribution < 1.29 is 13.6 Å². The van der Waals surface area contributed by atoms with Crippen molar-refractivity contribution in [1.29, 1.82) is 0 Å². The van der Waals surface area contributed by atoms with Crippen LogP contribution in [0.3, 0.4) is 0 Å². The number of halogens is 2. The monoisotopic (exact) mass is 290 g/mol. The van der Waals surface area contributed by atoms with E-state index in [4.69, 9.17) is 5.73 Å². The molecule has 0 unspecified atom stereocenters. The Morgan fingerprint density at radius 3 is 2.52 bits per heavy atom. The van der Waals surface area contributed by atoms with Crippen molar-refractivity contribution >= 4 is 5.91 Å². The highest BCUT2D eigenvalue weighted by Gasteiger charge is 2.11. The summed E-state index contributed by atoms with van der Waals surface area (Å²) in [5.41, 5.74) is 6.12. The molecule has 2 rings (SSSR count). The number of rotatable bonds is 5. The first kappa shape index (κ1) is 15.1. The molecule has 0 radical (unpaired) electrons. The molecule has 110 valence electrons. The van der Waals surface area contributed by atoms with Gasteiger partial charge >= 0.3 is 0 Å². The molecule has 0 aliphatic carbocycles. The van der Waals surface area contributed by atoms with Gasteiger partial charge in [0.05, 0.1) is 0 Å². The average molecular weight is 290 g/mol. The van der Waals surface area contributed by atoms with E-state index >= 15 is 0 Å². The molecule has 1 atom stereocenters. The molecular formula is C16H16F2N2O. The van der Waals surface area contributed by atoms with Gasteiger partial charge in [-0.3, -0.25) is 4.79 Å². The number of hydrogen-bond acceptors (Lipinski definition) is 2. The van der Waals surface area contributed by atoms with E-state index in [2.05, 4.69) is 5.32 Å². The van der Waals surface area contributed by atoms with Crippen LogP contribution in [0, 0.1) is 11.6 Å². The third-order valence-electron chi connectivity index (χ3n) is 3.31. The van der Waals surface area contributed by atoms with Crippen LogP contribution in [0.5, 0.6) is 0 Å².